The van der Waals surface area contributed by atoms with E-state index in [4.69, 9.17) is 9.47 Å². The van der Waals surface area contributed by atoms with Crippen LogP contribution in [0.1, 0.15) is 23.6 Å². The molecule has 1 amide bonds. The first-order valence-electron chi connectivity index (χ1n) is 9.46. The van der Waals surface area contributed by atoms with Gasteiger partial charge in [0.15, 0.2) is 5.60 Å². The van der Waals surface area contributed by atoms with Crippen molar-refractivity contribution in [2.75, 3.05) is 6.61 Å². The minimum Gasteiger partial charge on any atom is -0.478 e. The molecule has 142 valence electrons. The van der Waals surface area contributed by atoms with Crippen LogP contribution in [0.3, 0.4) is 0 Å². The zero-order valence-electron chi connectivity index (χ0n) is 15.8. The predicted octanol–water partition coefficient (Wildman–Crippen LogP) is 4.68. The van der Waals surface area contributed by atoms with Gasteiger partial charge < -0.3 is 14.8 Å². The lowest BCUT2D eigenvalue weighted by atomic mass is 9.88. The number of nitrogens with one attached hydrogen (secondary N) is 1. The standard InChI is InChI=1S/C24H23NO3/c1-24(19-8-4-2-5-9-19,20-10-6-3-7-11-20)28-22-14-12-18(13-15-22)16-21-17-27-23(26)25-21/h2-15,21H,16-17H2,1H3,(H,25,26)/t21-/m0/s1. The average Bonchev–Trinajstić information content (AvgIpc) is 3.15. The molecule has 4 rings (SSSR count). The second-order valence-electron chi connectivity index (χ2n) is 7.16. The van der Waals surface area contributed by atoms with Crippen LogP contribution in [0.5, 0.6) is 5.75 Å². The van der Waals surface area contributed by atoms with Gasteiger partial charge >= 0.3 is 6.09 Å². The number of amides is 1. The molecule has 1 aliphatic rings. The first-order valence-corrected chi connectivity index (χ1v) is 9.46. The molecule has 4 heteroatoms. The van der Waals surface area contributed by atoms with Crippen LogP contribution in [-0.4, -0.2) is 18.7 Å². The molecule has 1 atom stereocenters. The Morgan fingerprint density at radius 1 is 0.929 bits per heavy atom. The summed E-state index contributed by atoms with van der Waals surface area (Å²) in [6, 6.07) is 28.6. The Balaban J connectivity index is 1.56. The molecule has 4 nitrogen and oxygen atoms in total. The largest absolute Gasteiger partial charge is 0.478 e. The Kier molecular flexibility index (Phi) is 5.02. The van der Waals surface area contributed by atoms with Crippen LogP contribution in [0, 0.1) is 0 Å². The van der Waals surface area contributed by atoms with Gasteiger partial charge in [-0.1, -0.05) is 72.8 Å². The molecule has 1 N–H and O–H groups in total. The lowest BCUT2D eigenvalue weighted by Crippen LogP contribution is -2.31. The molecule has 0 aromatic heterocycles. The third-order valence-electron chi connectivity index (χ3n) is 5.11. The molecule has 0 unspecified atom stereocenters. The normalized spacial score (nSPS) is 16.3. The Hall–Kier alpha value is -3.27. The number of ether oxygens (including phenoxy) is 2. The molecule has 1 aliphatic heterocycles. The van der Waals surface area contributed by atoms with E-state index < -0.39 is 5.60 Å². The molecule has 0 spiro atoms. The lowest BCUT2D eigenvalue weighted by Gasteiger charge is -2.32. The number of carbonyl (C=O) groups is 1. The van der Waals surface area contributed by atoms with Crippen LogP contribution >= 0.6 is 0 Å². The predicted molar refractivity (Wildman–Crippen MR) is 108 cm³/mol. The van der Waals surface area contributed by atoms with Crippen LogP contribution in [0.2, 0.25) is 0 Å². The van der Waals surface area contributed by atoms with Crippen molar-refractivity contribution in [3.8, 4) is 5.75 Å². The van der Waals surface area contributed by atoms with Gasteiger partial charge in [0, 0.05) is 0 Å². The summed E-state index contributed by atoms with van der Waals surface area (Å²) in [6.45, 7) is 2.51. The number of rotatable bonds is 6. The highest BCUT2D eigenvalue weighted by molar-refractivity contribution is 5.69. The highest BCUT2D eigenvalue weighted by atomic mass is 16.6. The fourth-order valence-electron chi connectivity index (χ4n) is 3.55. The van der Waals surface area contributed by atoms with Crippen molar-refractivity contribution in [3.05, 3.63) is 102 Å². The number of hydrogen-bond donors (Lipinski definition) is 1. The Morgan fingerprint density at radius 2 is 1.50 bits per heavy atom. The summed E-state index contributed by atoms with van der Waals surface area (Å²) in [4.78, 5) is 11.2. The third kappa shape index (κ3) is 3.86. The Labute approximate surface area is 165 Å². The summed E-state index contributed by atoms with van der Waals surface area (Å²) in [7, 11) is 0. The molecule has 3 aromatic carbocycles. The monoisotopic (exact) mass is 373 g/mol. The highest BCUT2D eigenvalue weighted by Gasteiger charge is 2.31. The number of hydrogen-bond acceptors (Lipinski definition) is 3. The number of cyclic esters (lactones) is 1. The Morgan fingerprint density at radius 3 is 2.00 bits per heavy atom. The zero-order chi connectivity index (χ0) is 19.4. The topological polar surface area (TPSA) is 47.6 Å². The number of benzene rings is 3. The van der Waals surface area contributed by atoms with Crippen LogP contribution < -0.4 is 10.1 Å². The summed E-state index contributed by atoms with van der Waals surface area (Å²) in [5.74, 6) is 0.797. The summed E-state index contributed by atoms with van der Waals surface area (Å²) in [5.41, 5.74) is 2.72. The summed E-state index contributed by atoms with van der Waals surface area (Å²) < 4.78 is 11.5. The van der Waals surface area contributed by atoms with Crippen molar-refractivity contribution in [2.45, 2.75) is 25.0 Å². The third-order valence-corrected chi connectivity index (χ3v) is 5.11. The maximum atomic E-state index is 11.2. The zero-order valence-corrected chi connectivity index (χ0v) is 15.8. The van der Waals surface area contributed by atoms with Crippen molar-refractivity contribution >= 4 is 6.09 Å². The van der Waals surface area contributed by atoms with E-state index in [9.17, 15) is 4.79 Å². The van der Waals surface area contributed by atoms with Crippen molar-refractivity contribution in [2.24, 2.45) is 0 Å². The van der Waals surface area contributed by atoms with Crippen LogP contribution in [0.15, 0.2) is 84.9 Å². The van der Waals surface area contributed by atoms with Crippen molar-refractivity contribution < 1.29 is 14.3 Å². The molecule has 0 aliphatic carbocycles. The molecular formula is C24H23NO3. The first kappa shape index (κ1) is 18.1. The highest BCUT2D eigenvalue weighted by Crippen LogP contribution is 2.34. The van der Waals surface area contributed by atoms with Gasteiger partial charge in [-0.2, -0.15) is 0 Å². The van der Waals surface area contributed by atoms with Gasteiger partial charge in [-0.3, -0.25) is 0 Å². The minimum absolute atomic E-state index is 0.0261. The quantitative estimate of drug-likeness (QED) is 0.682. The first-order chi connectivity index (χ1) is 13.6. The molecule has 28 heavy (non-hydrogen) atoms. The van der Waals surface area contributed by atoms with E-state index in [1.54, 1.807) is 0 Å². The number of carbonyl (C=O) groups excluding carboxylic acids is 1. The van der Waals surface area contributed by atoms with Gasteiger partial charge in [-0.25, -0.2) is 4.79 Å². The molecule has 0 saturated carbocycles. The molecule has 1 heterocycles. The maximum Gasteiger partial charge on any atom is 0.407 e. The molecule has 1 fully saturated rings. The van der Waals surface area contributed by atoms with Crippen molar-refractivity contribution in [1.29, 1.82) is 0 Å². The lowest BCUT2D eigenvalue weighted by molar-refractivity contribution is 0.132. The van der Waals surface area contributed by atoms with Gasteiger partial charge in [0.05, 0.1) is 6.04 Å². The van der Waals surface area contributed by atoms with Crippen LogP contribution in [-0.2, 0) is 16.8 Å². The number of alkyl carbamates (subject to hydrolysis) is 1. The van der Waals surface area contributed by atoms with Gasteiger partial charge in [0.1, 0.15) is 12.4 Å². The second-order valence-corrected chi connectivity index (χ2v) is 7.16. The van der Waals surface area contributed by atoms with Gasteiger partial charge in [0.25, 0.3) is 0 Å². The summed E-state index contributed by atoms with van der Waals surface area (Å²) in [6.07, 6.45) is 0.396. The van der Waals surface area contributed by atoms with Gasteiger partial charge in [-0.05, 0) is 42.2 Å². The maximum absolute atomic E-state index is 11.2. The van der Waals surface area contributed by atoms with Crippen LogP contribution in [0.4, 0.5) is 4.79 Å². The minimum atomic E-state index is -0.600. The van der Waals surface area contributed by atoms with E-state index >= 15 is 0 Å². The van der Waals surface area contributed by atoms with E-state index in [1.807, 2.05) is 60.7 Å². The van der Waals surface area contributed by atoms with Gasteiger partial charge in [0.2, 0.25) is 0 Å². The second kappa shape index (κ2) is 7.77. The van der Waals surface area contributed by atoms with E-state index in [-0.39, 0.29) is 12.1 Å². The van der Waals surface area contributed by atoms with E-state index in [2.05, 4.69) is 36.5 Å². The van der Waals surface area contributed by atoms with Crippen molar-refractivity contribution in [1.82, 2.24) is 5.32 Å². The van der Waals surface area contributed by atoms with Gasteiger partial charge in [-0.15, -0.1) is 0 Å². The van der Waals surface area contributed by atoms with E-state index in [0.29, 0.717) is 6.61 Å². The summed E-state index contributed by atoms with van der Waals surface area (Å²) >= 11 is 0. The van der Waals surface area contributed by atoms with E-state index in [0.717, 1.165) is 28.9 Å². The average molecular weight is 373 g/mol. The molecule has 3 aromatic rings. The van der Waals surface area contributed by atoms with E-state index in [1.165, 1.54) is 0 Å². The fourth-order valence-corrected chi connectivity index (χ4v) is 3.55. The fraction of sp³-hybridized carbons (Fsp3) is 0.208. The summed E-state index contributed by atoms with van der Waals surface area (Å²) in [5, 5.41) is 2.81. The SMILES string of the molecule is CC(Oc1ccc(C[C@H]2COC(=O)N2)cc1)(c1ccccc1)c1ccccc1. The molecule has 0 bridgehead atoms. The Bertz CT molecular complexity index is 884. The molecular weight excluding hydrogens is 350 g/mol. The van der Waals surface area contributed by atoms with Crippen LogP contribution in [0.25, 0.3) is 0 Å². The molecule has 1 saturated heterocycles. The smallest absolute Gasteiger partial charge is 0.407 e. The van der Waals surface area contributed by atoms with Crippen molar-refractivity contribution in [3.63, 3.8) is 0 Å². The molecule has 0 radical (unpaired) electrons.